The van der Waals surface area contributed by atoms with Crippen LogP contribution in [0.5, 0.6) is 0 Å². The second kappa shape index (κ2) is 5.52. The molecule has 1 aliphatic rings. The van der Waals surface area contributed by atoms with E-state index in [0.717, 1.165) is 31.8 Å². The summed E-state index contributed by atoms with van der Waals surface area (Å²) in [5.41, 5.74) is 0.250. The summed E-state index contributed by atoms with van der Waals surface area (Å²) in [6.07, 6.45) is 2.21. The summed E-state index contributed by atoms with van der Waals surface area (Å²) in [4.78, 5) is 5.09. The zero-order valence-electron chi connectivity index (χ0n) is 9.93. The highest BCUT2D eigenvalue weighted by molar-refractivity contribution is 6.49. The molecule has 1 fully saturated rings. The SMILES string of the molecule is CC1CCN(c2[nH+]c(C#N)c(Cl)c(Cl)c2Cl)CC1. The second-order valence-electron chi connectivity index (χ2n) is 4.57. The van der Waals surface area contributed by atoms with E-state index >= 15 is 0 Å². The molecule has 0 atom stereocenters. The number of halogens is 3. The van der Waals surface area contributed by atoms with Gasteiger partial charge in [-0.15, -0.1) is 0 Å². The predicted octanol–water partition coefficient (Wildman–Crippen LogP) is 3.57. The number of nitriles is 1. The Kier molecular flexibility index (Phi) is 4.21. The normalized spacial score (nSPS) is 16.7. The van der Waals surface area contributed by atoms with Gasteiger partial charge in [0.2, 0.25) is 5.69 Å². The third-order valence-electron chi connectivity index (χ3n) is 3.27. The summed E-state index contributed by atoms with van der Waals surface area (Å²) >= 11 is 18.2. The number of hydrogen-bond donors (Lipinski definition) is 0. The molecular weight excluding hydrogens is 293 g/mol. The van der Waals surface area contributed by atoms with Gasteiger partial charge < -0.3 is 0 Å². The lowest BCUT2D eigenvalue weighted by Gasteiger charge is -2.26. The molecule has 2 heterocycles. The van der Waals surface area contributed by atoms with Crippen LogP contribution in [0, 0.1) is 17.2 Å². The standard InChI is InChI=1S/C12H12Cl3N3/c1-7-2-4-18(5-3-7)12-11(15)10(14)9(13)8(6-16)17-12/h7H,2-5H2,1H3/p+1. The van der Waals surface area contributed by atoms with E-state index in [1.807, 2.05) is 6.07 Å². The number of hydrogen-bond acceptors (Lipinski definition) is 2. The van der Waals surface area contributed by atoms with Gasteiger partial charge in [-0.25, -0.2) is 4.98 Å². The van der Waals surface area contributed by atoms with Crippen LogP contribution in [0.1, 0.15) is 25.5 Å². The molecule has 96 valence electrons. The summed E-state index contributed by atoms with van der Waals surface area (Å²) in [6.45, 7) is 4.04. The molecule has 6 heteroatoms. The molecular formula is C12H13Cl3N3+. The van der Waals surface area contributed by atoms with E-state index in [-0.39, 0.29) is 15.7 Å². The number of nitrogens with zero attached hydrogens (tertiary/aromatic N) is 2. The van der Waals surface area contributed by atoms with Crippen LogP contribution in [0.3, 0.4) is 0 Å². The molecule has 1 aliphatic heterocycles. The van der Waals surface area contributed by atoms with Crippen molar-refractivity contribution in [1.29, 1.82) is 5.26 Å². The molecule has 1 aromatic rings. The Morgan fingerprint density at radius 3 is 2.33 bits per heavy atom. The maximum absolute atomic E-state index is 9.01. The molecule has 2 rings (SSSR count). The maximum atomic E-state index is 9.01. The van der Waals surface area contributed by atoms with Crippen molar-refractivity contribution in [3.63, 3.8) is 0 Å². The first-order valence-corrected chi connectivity index (χ1v) is 6.92. The topological polar surface area (TPSA) is 41.2 Å². The van der Waals surface area contributed by atoms with Gasteiger partial charge in [0.15, 0.2) is 0 Å². The fourth-order valence-corrected chi connectivity index (χ4v) is 2.74. The molecule has 0 unspecified atom stereocenters. The van der Waals surface area contributed by atoms with Crippen molar-refractivity contribution in [3.8, 4) is 6.07 Å². The Hall–Kier alpha value is -0.690. The van der Waals surface area contributed by atoms with Gasteiger partial charge >= 0.3 is 0 Å². The first-order chi connectivity index (χ1) is 8.54. The molecule has 0 saturated carbocycles. The average Bonchev–Trinajstić information content (AvgIpc) is 2.38. The van der Waals surface area contributed by atoms with Gasteiger partial charge in [0.25, 0.3) is 5.82 Å². The minimum absolute atomic E-state index is 0.179. The first-order valence-electron chi connectivity index (χ1n) is 5.79. The van der Waals surface area contributed by atoms with Crippen molar-refractivity contribution in [2.24, 2.45) is 5.92 Å². The lowest BCUT2D eigenvalue weighted by molar-refractivity contribution is -0.368. The highest BCUT2D eigenvalue weighted by Crippen LogP contribution is 2.36. The van der Waals surface area contributed by atoms with E-state index in [4.69, 9.17) is 40.1 Å². The Labute approximate surface area is 121 Å². The van der Waals surface area contributed by atoms with Crippen molar-refractivity contribution < 1.29 is 4.98 Å². The van der Waals surface area contributed by atoms with Crippen molar-refractivity contribution in [2.75, 3.05) is 18.0 Å². The molecule has 18 heavy (non-hydrogen) atoms. The number of nitrogens with one attached hydrogen (secondary N) is 1. The summed E-state index contributed by atoms with van der Waals surface area (Å²) in [5.74, 6) is 1.41. The quantitative estimate of drug-likeness (QED) is 0.796. The van der Waals surface area contributed by atoms with Crippen LogP contribution < -0.4 is 9.88 Å². The number of anilines is 1. The van der Waals surface area contributed by atoms with Crippen molar-refractivity contribution in [1.82, 2.24) is 0 Å². The van der Waals surface area contributed by atoms with E-state index in [0.29, 0.717) is 10.8 Å². The molecule has 3 nitrogen and oxygen atoms in total. The van der Waals surface area contributed by atoms with Crippen molar-refractivity contribution in [3.05, 3.63) is 20.8 Å². The Balaban J connectivity index is 2.39. The van der Waals surface area contributed by atoms with Gasteiger partial charge in [-0.1, -0.05) is 41.7 Å². The van der Waals surface area contributed by atoms with Crippen LogP contribution in [0.25, 0.3) is 0 Å². The summed E-state index contributed by atoms with van der Waals surface area (Å²) in [6, 6.07) is 1.99. The largest absolute Gasteiger partial charge is 0.296 e. The second-order valence-corrected chi connectivity index (χ2v) is 5.71. The fourth-order valence-electron chi connectivity index (χ4n) is 2.07. The summed E-state index contributed by atoms with van der Waals surface area (Å²) < 4.78 is 0. The van der Waals surface area contributed by atoms with Crippen LogP contribution >= 0.6 is 34.8 Å². The highest BCUT2D eigenvalue weighted by atomic mass is 35.5. The molecule has 0 aromatic carbocycles. The van der Waals surface area contributed by atoms with E-state index < -0.39 is 0 Å². The molecule has 1 saturated heterocycles. The minimum atomic E-state index is 0.179. The zero-order valence-corrected chi connectivity index (χ0v) is 12.2. The van der Waals surface area contributed by atoms with Crippen molar-refractivity contribution in [2.45, 2.75) is 19.8 Å². The number of H-pyrrole nitrogens is 1. The minimum Gasteiger partial charge on any atom is -0.260 e. The van der Waals surface area contributed by atoms with Gasteiger partial charge in [-0.2, -0.15) is 5.26 Å². The summed E-state index contributed by atoms with van der Waals surface area (Å²) in [7, 11) is 0. The molecule has 1 aromatic heterocycles. The maximum Gasteiger partial charge on any atom is 0.296 e. The van der Waals surface area contributed by atoms with Gasteiger partial charge in [0, 0.05) is 0 Å². The van der Waals surface area contributed by atoms with Crippen LogP contribution in [0.2, 0.25) is 15.1 Å². The number of rotatable bonds is 1. The molecule has 0 aliphatic carbocycles. The van der Waals surface area contributed by atoms with Crippen LogP contribution in [-0.2, 0) is 0 Å². The Morgan fingerprint density at radius 1 is 1.17 bits per heavy atom. The van der Waals surface area contributed by atoms with E-state index in [1.54, 1.807) is 0 Å². The van der Waals surface area contributed by atoms with Crippen LogP contribution in [-0.4, -0.2) is 13.1 Å². The van der Waals surface area contributed by atoms with E-state index in [9.17, 15) is 0 Å². The number of pyridine rings is 1. The number of piperidine rings is 1. The zero-order chi connectivity index (χ0) is 13.3. The van der Waals surface area contributed by atoms with Gasteiger partial charge in [-0.3, -0.25) is 4.90 Å². The smallest absolute Gasteiger partial charge is 0.260 e. The van der Waals surface area contributed by atoms with E-state index in [1.165, 1.54) is 0 Å². The van der Waals surface area contributed by atoms with Gasteiger partial charge in [0.1, 0.15) is 16.1 Å². The van der Waals surface area contributed by atoms with Crippen LogP contribution in [0.4, 0.5) is 5.82 Å². The Morgan fingerprint density at radius 2 is 1.78 bits per heavy atom. The third-order valence-corrected chi connectivity index (χ3v) is 4.59. The number of aromatic nitrogens is 1. The number of aromatic amines is 1. The molecule has 0 bridgehead atoms. The lowest BCUT2D eigenvalue weighted by Crippen LogP contribution is -2.37. The third kappa shape index (κ3) is 2.51. The Bertz CT molecular complexity index is 502. The molecule has 0 spiro atoms. The predicted molar refractivity (Wildman–Crippen MR) is 73.4 cm³/mol. The van der Waals surface area contributed by atoms with Gasteiger partial charge in [-0.05, 0) is 18.8 Å². The first kappa shape index (κ1) is 13.7. The highest BCUT2D eigenvalue weighted by Gasteiger charge is 2.29. The average molecular weight is 306 g/mol. The van der Waals surface area contributed by atoms with Gasteiger partial charge in [0.05, 0.1) is 18.1 Å². The van der Waals surface area contributed by atoms with Crippen molar-refractivity contribution >= 4 is 40.6 Å². The van der Waals surface area contributed by atoms with Crippen LogP contribution in [0.15, 0.2) is 0 Å². The molecule has 0 amide bonds. The fraction of sp³-hybridized carbons (Fsp3) is 0.500. The van der Waals surface area contributed by atoms with E-state index in [2.05, 4.69) is 16.8 Å². The lowest BCUT2D eigenvalue weighted by atomic mass is 9.99. The molecule has 0 radical (unpaired) electrons. The monoisotopic (exact) mass is 304 g/mol. The summed E-state index contributed by atoms with van der Waals surface area (Å²) in [5, 5.41) is 9.81. The molecule has 1 N–H and O–H groups in total.